The molecule has 0 radical (unpaired) electrons. The van der Waals surface area contributed by atoms with Crippen LogP contribution in [0.2, 0.25) is 0 Å². The maximum atomic E-state index is 12.8. The Hall–Kier alpha value is -3.44. The van der Waals surface area contributed by atoms with E-state index in [1.54, 1.807) is 12.1 Å². The third kappa shape index (κ3) is 11.0. The monoisotopic (exact) mass is 594 g/mol. The first kappa shape index (κ1) is 32.5. The summed E-state index contributed by atoms with van der Waals surface area (Å²) in [5.74, 6) is 1.97. The highest BCUT2D eigenvalue weighted by Gasteiger charge is 2.10. The number of aryl methyl sites for hydroxylation is 1. The van der Waals surface area contributed by atoms with E-state index in [0.29, 0.717) is 17.1 Å². The molecule has 0 spiro atoms. The van der Waals surface area contributed by atoms with E-state index in [1.807, 2.05) is 60.6 Å². The Kier molecular flexibility index (Phi) is 13.8. The lowest BCUT2D eigenvalue weighted by atomic mass is 10.0. The fourth-order valence-electron chi connectivity index (χ4n) is 5.02. The minimum Gasteiger partial charge on any atom is -0.423 e. The van der Waals surface area contributed by atoms with Crippen molar-refractivity contribution in [2.45, 2.75) is 95.8 Å². The van der Waals surface area contributed by atoms with Crippen molar-refractivity contribution < 1.29 is 9.53 Å². The summed E-state index contributed by atoms with van der Waals surface area (Å²) < 4.78 is 5.64. The van der Waals surface area contributed by atoms with Crippen LogP contribution in [-0.2, 0) is 6.42 Å². The minimum atomic E-state index is -0.375. The molecule has 0 saturated heterocycles. The Morgan fingerprint density at radius 1 is 0.628 bits per heavy atom. The highest BCUT2D eigenvalue weighted by atomic mass is 32.2. The van der Waals surface area contributed by atoms with Crippen molar-refractivity contribution in [3.05, 3.63) is 96.3 Å². The number of nitrogens with zero attached hydrogens (tertiary/aromatic N) is 2. The summed E-state index contributed by atoms with van der Waals surface area (Å²) in [5, 5.41) is 0. The van der Waals surface area contributed by atoms with Crippen molar-refractivity contribution in [2.75, 3.05) is 5.75 Å². The molecule has 0 aliphatic rings. The van der Waals surface area contributed by atoms with Gasteiger partial charge in [-0.15, -0.1) is 11.8 Å². The molecule has 3 aromatic carbocycles. The van der Waals surface area contributed by atoms with Crippen LogP contribution < -0.4 is 4.74 Å². The van der Waals surface area contributed by atoms with E-state index in [-0.39, 0.29) is 5.97 Å². The Bertz CT molecular complexity index is 1350. The number of aromatic nitrogens is 2. The quantitative estimate of drug-likeness (QED) is 0.0496. The fraction of sp³-hybridized carbons (Fsp3) is 0.395. The van der Waals surface area contributed by atoms with Crippen LogP contribution in [0.3, 0.4) is 0 Å². The second kappa shape index (κ2) is 18.3. The Morgan fingerprint density at radius 3 is 1.79 bits per heavy atom. The number of ether oxygens (including phenoxy) is 1. The second-order valence-electron chi connectivity index (χ2n) is 11.2. The van der Waals surface area contributed by atoms with Gasteiger partial charge in [0.25, 0.3) is 0 Å². The van der Waals surface area contributed by atoms with Crippen LogP contribution in [0.1, 0.15) is 100 Å². The molecule has 1 aromatic heterocycles. The van der Waals surface area contributed by atoms with Crippen LogP contribution in [0.15, 0.2) is 90.1 Å². The highest BCUT2D eigenvalue weighted by molar-refractivity contribution is 7.99. The van der Waals surface area contributed by atoms with Gasteiger partial charge in [-0.25, -0.2) is 14.8 Å². The normalized spacial score (nSPS) is 11.0. The summed E-state index contributed by atoms with van der Waals surface area (Å²) in [6.45, 7) is 4.50. The number of hydrogen-bond acceptors (Lipinski definition) is 5. The van der Waals surface area contributed by atoms with Gasteiger partial charge in [0, 0.05) is 22.9 Å². The SMILES string of the molecule is CCCCCCCCc1cnc(-c2ccc(OC(=O)c3ccc(-c4ccc(SCCCCCCC)cc4)cc3)cc2)nc1. The van der Waals surface area contributed by atoms with Gasteiger partial charge >= 0.3 is 5.97 Å². The number of unbranched alkanes of at least 4 members (excludes halogenated alkanes) is 9. The second-order valence-corrected chi connectivity index (χ2v) is 12.4. The summed E-state index contributed by atoms with van der Waals surface area (Å²) in [7, 11) is 0. The van der Waals surface area contributed by atoms with Crippen molar-refractivity contribution in [1.29, 1.82) is 0 Å². The first-order valence-corrected chi connectivity index (χ1v) is 17.1. The molecular weight excluding hydrogens is 548 g/mol. The third-order valence-electron chi connectivity index (χ3n) is 7.67. The van der Waals surface area contributed by atoms with Crippen molar-refractivity contribution in [2.24, 2.45) is 0 Å². The number of thioether (sulfide) groups is 1. The molecule has 0 saturated carbocycles. The number of rotatable bonds is 18. The number of benzene rings is 3. The molecule has 0 N–H and O–H groups in total. The molecule has 226 valence electrons. The molecule has 0 fully saturated rings. The zero-order chi connectivity index (χ0) is 30.1. The van der Waals surface area contributed by atoms with Crippen molar-refractivity contribution in [1.82, 2.24) is 9.97 Å². The van der Waals surface area contributed by atoms with Crippen LogP contribution in [0.25, 0.3) is 22.5 Å². The van der Waals surface area contributed by atoms with Gasteiger partial charge in [-0.05, 0) is 90.2 Å². The molecule has 0 atom stereocenters. The van der Waals surface area contributed by atoms with E-state index in [2.05, 4.69) is 48.1 Å². The van der Waals surface area contributed by atoms with Gasteiger partial charge in [-0.3, -0.25) is 0 Å². The molecule has 0 bridgehead atoms. The van der Waals surface area contributed by atoms with Crippen molar-refractivity contribution in [3.8, 4) is 28.3 Å². The van der Waals surface area contributed by atoms with Crippen LogP contribution >= 0.6 is 11.8 Å². The van der Waals surface area contributed by atoms with Gasteiger partial charge in [0.2, 0.25) is 0 Å². The molecule has 0 amide bonds. The molecular formula is C38H46N2O2S. The zero-order valence-electron chi connectivity index (χ0n) is 25.9. The number of esters is 1. The average Bonchev–Trinajstić information content (AvgIpc) is 3.05. The van der Waals surface area contributed by atoms with E-state index in [0.717, 1.165) is 23.1 Å². The Labute approximate surface area is 262 Å². The first-order chi connectivity index (χ1) is 21.2. The van der Waals surface area contributed by atoms with Crippen LogP contribution in [-0.4, -0.2) is 21.7 Å². The van der Waals surface area contributed by atoms with E-state index < -0.39 is 0 Å². The van der Waals surface area contributed by atoms with Gasteiger partial charge in [-0.1, -0.05) is 95.9 Å². The maximum Gasteiger partial charge on any atom is 0.343 e. The van der Waals surface area contributed by atoms with Gasteiger partial charge < -0.3 is 4.74 Å². The molecule has 0 aliphatic carbocycles. The van der Waals surface area contributed by atoms with E-state index in [4.69, 9.17) is 4.74 Å². The predicted molar refractivity (Wildman–Crippen MR) is 181 cm³/mol. The average molecular weight is 595 g/mol. The standard InChI is InChI=1S/C38H46N2O2S/c1-3-5-7-9-10-12-14-30-28-39-37(40-29-30)33-19-23-35(24-20-33)42-38(41)34-17-15-31(16-18-34)32-21-25-36(26-22-32)43-27-13-11-8-6-4-2/h15-26,28-29H,3-14,27H2,1-2H3. The largest absolute Gasteiger partial charge is 0.423 e. The lowest BCUT2D eigenvalue weighted by Gasteiger charge is -2.08. The number of hydrogen-bond donors (Lipinski definition) is 0. The minimum absolute atomic E-state index is 0.375. The Morgan fingerprint density at radius 2 is 1.16 bits per heavy atom. The van der Waals surface area contributed by atoms with Crippen LogP contribution in [0.5, 0.6) is 5.75 Å². The molecule has 43 heavy (non-hydrogen) atoms. The van der Waals surface area contributed by atoms with Gasteiger partial charge in [0.15, 0.2) is 5.82 Å². The summed E-state index contributed by atoms with van der Waals surface area (Å²) in [6.07, 6.45) is 19.1. The smallest absolute Gasteiger partial charge is 0.343 e. The predicted octanol–water partition coefficient (Wildman–Crippen LogP) is 11.0. The topological polar surface area (TPSA) is 52.1 Å². The lowest BCUT2D eigenvalue weighted by molar-refractivity contribution is 0.0735. The van der Waals surface area contributed by atoms with Crippen molar-refractivity contribution >= 4 is 17.7 Å². The first-order valence-electron chi connectivity index (χ1n) is 16.1. The number of carbonyl (C=O) groups excluding carboxylic acids is 1. The molecule has 4 aromatic rings. The lowest BCUT2D eigenvalue weighted by Crippen LogP contribution is -2.08. The van der Waals surface area contributed by atoms with Crippen LogP contribution in [0.4, 0.5) is 0 Å². The molecule has 4 rings (SSSR count). The summed E-state index contributed by atoms with van der Waals surface area (Å²) >= 11 is 1.93. The van der Waals surface area contributed by atoms with E-state index >= 15 is 0 Å². The summed E-state index contributed by atoms with van der Waals surface area (Å²) in [4.78, 5) is 23.2. The molecule has 4 nitrogen and oxygen atoms in total. The van der Waals surface area contributed by atoms with Gasteiger partial charge in [-0.2, -0.15) is 0 Å². The fourth-order valence-corrected chi connectivity index (χ4v) is 5.93. The summed E-state index contributed by atoms with van der Waals surface area (Å²) in [5.41, 5.74) is 4.81. The van der Waals surface area contributed by atoms with Gasteiger partial charge in [0.05, 0.1) is 5.56 Å². The molecule has 0 aliphatic heterocycles. The molecule has 5 heteroatoms. The third-order valence-corrected chi connectivity index (χ3v) is 8.77. The number of carbonyl (C=O) groups is 1. The van der Waals surface area contributed by atoms with Crippen molar-refractivity contribution in [3.63, 3.8) is 0 Å². The summed E-state index contributed by atoms with van der Waals surface area (Å²) in [6, 6.07) is 23.7. The highest BCUT2D eigenvalue weighted by Crippen LogP contribution is 2.26. The molecule has 1 heterocycles. The van der Waals surface area contributed by atoms with Gasteiger partial charge in [0.1, 0.15) is 5.75 Å². The molecule has 0 unspecified atom stereocenters. The Balaban J connectivity index is 1.23. The van der Waals surface area contributed by atoms with E-state index in [9.17, 15) is 4.79 Å². The van der Waals surface area contributed by atoms with Crippen LogP contribution in [0, 0.1) is 0 Å². The maximum absolute atomic E-state index is 12.8. The zero-order valence-corrected chi connectivity index (χ0v) is 26.7. The van der Waals surface area contributed by atoms with E-state index in [1.165, 1.54) is 86.8 Å².